The number of hydrogen-bond donors (Lipinski definition) is 0. The van der Waals surface area contributed by atoms with Gasteiger partial charge in [-0.05, 0) is 31.1 Å². The number of alkyl halides is 1. The number of sulfone groups is 1. The molecule has 1 aliphatic heterocycles. The molecule has 0 aromatic carbocycles. The van der Waals surface area contributed by atoms with Crippen LogP contribution in [0.1, 0.15) is 25.7 Å². The van der Waals surface area contributed by atoms with Crippen molar-refractivity contribution in [3.05, 3.63) is 12.2 Å². The Morgan fingerprint density at radius 3 is 2.50 bits per heavy atom. The van der Waals surface area contributed by atoms with E-state index in [1.807, 2.05) is 0 Å². The second kappa shape index (κ2) is 2.38. The summed E-state index contributed by atoms with van der Waals surface area (Å²) in [6, 6.07) is 0. The van der Waals surface area contributed by atoms with Crippen molar-refractivity contribution in [3.63, 3.8) is 0 Å². The molecule has 0 bridgehead atoms. The van der Waals surface area contributed by atoms with Crippen molar-refractivity contribution in [2.24, 2.45) is 10.8 Å². The van der Waals surface area contributed by atoms with Crippen LogP contribution in [0.3, 0.4) is 0 Å². The molecular weight excluding hydrogens is 220 g/mol. The molecule has 2 aliphatic carbocycles. The van der Waals surface area contributed by atoms with Gasteiger partial charge in [0.1, 0.15) is 4.71 Å². The SMILES string of the molecule is O=S1(=O)C[C@]23CC=CC[C@]2(CC3)[C@H]1Cl. The summed E-state index contributed by atoms with van der Waals surface area (Å²) in [5, 5.41) is 0. The summed E-state index contributed by atoms with van der Waals surface area (Å²) in [5.74, 6) is 0.318. The van der Waals surface area contributed by atoms with Crippen LogP contribution < -0.4 is 0 Å². The van der Waals surface area contributed by atoms with E-state index in [1.54, 1.807) is 0 Å². The molecule has 0 aromatic rings. The van der Waals surface area contributed by atoms with Crippen LogP contribution in [0.25, 0.3) is 0 Å². The lowest BCUT2D eigenvalue weighted by atomic mass is 9.47. The highest BCUT2D eigenvalue weighted by atomic mass is 35.5. The van der Waals surface area contributed by atoms with Gasteiger partial charge in [0.05, 0.1) is 5.75 Å². The minimum Gasteiger partial charge on any atom is -0.227 e. The predicted octanol–water partition coefficient (Wildman–Crippen LogP) is 2.10. The monoisotopic (exact) mass is 232 g/mol. The minimum absolute atomic E-state index is 0.00694. The van der Waals surface area contributed by atoms with E-state index in [0.29, 0.717) is 5.75 Å². The van der Waals surface area contributed by atoms with E-state index >= 15 is 0 Å². The Labute approximate surface area is 89.2 Å². The van der Waals surface area contributed by atoms with E-state index in [-0.39, 0.29) is 10.8 Å². The van der Waals surface area contributed by atoms with Gasteiger partial charge in [-0.15, -0.1) is 11.6 Å². The summed E-state index contributed by atoms with van der Waals surface area (Å²) < 4.78 is 23.0. The second-order valence-corrected chi connectivity index (χ2v) is 7.72. The number of rotatable bonds is 0. The summed E-state index contributed by atoms with van der Waals surface area (Å²) in [4.78, 5) is 0. The molecular formula is C10H13ClO2S. The summed E-state index contributed by atoms with van der Waals surface area (Å²) in [7, 11) is -3.04. The van der Waals surface area contributed by atoms with Crippen LogP contribution in [-0.2, 0) is 9.84 Å². The molecule has 0 amide bonds. The third kappa shape index (κ3) is 0.782. The lowest BCUT2D eigenvalue weighted by molar-refractivity contribution is -0.0400. The molecule has 78 valence electrons. The van der Waals surface area contributed by atoms with Crippen LogP contribution >= 0.6 is 11.6 Å². The van der Waals surface area contributed by atoms with E-state index < -0.39 is 14.5 Å². The topological polar surface area (TPSA) is 34.1 Å². The molecule has 3 atom stereocenters. The van der Waals surface area contributed by atoms with Crippen LogP contribution in [0.2, 0.25) is 0 Å². The molecule has 0 aromatic heterocycles. The van der Waals surface area contributed by atoms with E-state index in [1.165, 1.54) is 0 Å². The molecule has 3 aliphatic rings. The van der Waals surface area contributed by atoms with E-state index in [9.17, 15) is 8.42 Å². The largest absolute Gasteiger partial charge is 0.227 e. The Balaban J connectivity index is 2.16. The third-order valence-corrected chi connectivity index (χ3v) is 7.76. The maximum absolute atomic E-state index is 11.8. The van der Waals surface area contributed by atoms with Gasteiger partial charge >= 0.3 is 0 Å². The lowest BCUT2D eigenvalue weighted by Gasteiger charge is -2.57. The van der Waals surface area contributed by atoms with Crippen molar-refractivity contribution in [1.82, 2.24) is 0 Å². The Morgan fingerprint density at radius 2 is 1.93 bits per heavy atom. The van der Waals surface area contributed by atoms with Crippen molar-refractivity contribution in [1.29, 1.82) is 0 Å². The van der Waals surface area contributed by atoms with Crippen molar-refractivity contribution < 1.29 is 8.42 Å². The fourth-order valence-electron chi connectivity index (χ4n) is 3.55. The summed E-state index contributed by atoms with van der Waals surface area (Å²) in [5.41, 5.74) is -0.102. The molecule has 0 N–H and O–H groups in total. The summed E-state index contributed by atoms with van der Waals surface area (Å²) >= 11 is 6.14. The molecule has 1 saturated carbocycles. The van der Waals surface area contributed by atoms with Crippen LogP contribution in [0, 0.1) is 10.8 Å². The van der Waals surface area contributed by atoms with Gasteiger partial charge < -0.3 is 0 Å². The standard InChI is InChI=1S/C10H13ClO2S/c11-8-10-4-2-1-3-9(10,5-6-10)7-14(8,12)13/h1-2,8H,3-7H2/t8-,9+,10-/m0/s1. The zero-order chi connectivity index (χ0) is 10.0. The molecule has 2 nitrogen and oxygen atoms in total. The molecule has 3 rings (SSSR count). The Kier molecular flexibility index (Phi) is 1.57. The Hall–Kier alpha value is -0.0200. The van der Waals surface area contributed by atoms with Gasteiger partial charge in [-0.25, -0.2) is 8.42 Å². The van der Waals surface area contributed by atoms with E-state index in [0.717, 1.165) is 25.7 Å². The smallest absolute Gasteiger partial charge is 0.168 e. The zero-order valence-corrected chi connectivity index (χ0v) is 9.44. The number of hydrogen-bond acceptors (Lipinski definition) is 2. The van der Waals surface area contributed by atoms with Gasteiger partial charge in [0.2, 0.25) is 0 Å². The fourth-order valence-corrected chi connectivity index (χ4v) is 6.79. The highest BCUT2D eigenvalue weighted by Crippen LogP contribution is 2.71. The quantitative estimate of drug-likeness (QED) is 0.474. The van der Waals surface area contributed by atoms with Gasteiger partial charge in [0.15, 0.2) is 9.84 Å². The van der Waals surface area contributed by atoms with E-state index in [4.69, 9.17) is 11.6 Å². The molecule has 4 heteroatoms. The van der Waals surface area contributed by atoms with Crippen molar-refractivity contribution in [2.45, 2.75) is 30.4 Å². The van der Waals surface area contributed by atoms with Crippen LogP contribution in [0.5, 0.6) is 0 Å². The molecule has 1 heterocycles. The molecule has 14 heavy (non-hydrogen) atoms. The van der Waals surface area contributed by atoms with Crippen LogP contribution in [-0.4, -0.2) is 18.9 Å². The Bertz CT molecular complexity index is 414. The third-order valence-electron chi connectivity index (χ3n) is 4.49. The van der Waals surface area contributed by atoms with Crippen molar-refractivity contribution in [2.75, 3.05) is 5.75 Å². The first-order chi connectivity index (χ1) is 6.53. The molecule has 1 saturated heterocycles. The van der Waals surface area contributed by atoms with Crippen LogP contribution in [0.15, 0.2) is 12.2 Å². The maximum Gasteiger partial charge on any atom is 0.168 e. The predicted molar refractivity (Wildman–Crippen MR) is 55.9 cm³/mol. The first-order valence-corrected chi connectivity index (χ1v) is 7.18. The molecule has 0 radical (unpaired) electrons. The van der Waals surface area contributed by atoms with Gasteiger partial charge in [-0.1, -0.05) is 12.2 Å². The fraction of sp³-hybridized carbons (Fsp3) is 0.800. The second-order valence-electron chi connectivity index (χ2n) is 4.94. The summed E-state index contributed by atoms with van der Waals surface area (Å²) in [6.45, 7) is 0. The maximum atomic E-state index is 11.8. The van der Waals surface area contributed by atoms with Gasteiger partial charge in [-0.3, -0.25) is 0 Å². The van der Waals surface area contributed by atoms with Gasteiger partial charge in [-0.2, -0.15) is 0 Å². The average Bonchev–Trinajstić information content (AvgIpc) is 2.23. The molecule has 0 unspecified atom stereocenters. The normalized spacial score (nSPS) is 53.4. The number of halogens is 1. The molecule has 0 spiro atoms. The molecule has 2 fully saturated rings. The summed E-state index contributed by atoms with van der Waals surface area (Å²) in [6.07, 6.45) is 8.04. The van der Waals surface area contributed by atoms with Crippen LogP contribution in [0.4, 0.5) is 0 Å². The minimum atomic E-state index is -3.04. The van der Waals surface area contributed by atoms with Crippen molar-refractivity contribution in [3.8, 4) is 0 Å². The van der Waals surface area contributed by atoms with Gasteiger partial charge in [0, 0.05) is 5.41 Å². The van der Waals surface area contributed by atoms with Crippen molar-refractivity contribution >= 4 is 21.4 Å². The zero-order valence-electron chi connectivity index (χ0n) is 7.87. The Morgan fingerprint density at radius 1 is 1.21 bits per heavy atom. The van der Waals surface area contributed by atoms with E-state index in [2.05, 4.69) is 12.2 Å². The highest BCUT2D eigenvalue weighted by Gasteiger charge is 2.71. The highest BCUT2D eigenvalue weighted by molar-refractivity contribution is 7.93. The van der Waals surface area contributed by atoms with Gasteiger partial charge in [0.25, 0.3) is 0 Å². The first kappa shape index (κ1) is 9.22. The average molecular weight is 233 g/mol. The first-order valence-electron chi connectivity index (χ1n) is 5.03. The number of allylic oxidation sites excluding steroid dienone is 2. The lowest BCUT2D eigenvalue weighted by Crippen LogP contribution is -2.53.